The van der Waals surface area contributed by atoms with Gasteiger partial charge in [0.15, 0.2) is 0 Å². The summed E-state index contributed by atoms with van der Waals surface area (Å²) in [6.07, 6.45) is 7.96. The van der Waals surface area contributed by atoms with Crippen molar-refractivity contribution < 1.29 is 9.59 Å². The Morgan fingerprint density at radius 1 is 1.12 bits per heavy atom. The van der Waals surface area contributed by atoms with Gasteiger partial charge in [0.05, 0.1) is 5.56 Å². The molecule has 1 aromatic heterocycles. The molecule has 1 N–H and O–H groups in total. The first-order valence-electron chi connectivity index (χ1n) is 9.96. The Labute approximate surface area is 155 Å². The van der Waals surface area contributed by atoms with Crippen molar-refractivity contribution in [3.05, 3.63) is 23.9 Å². The minimum absolute atomic E-state index is 0.0712. The molecule has 4 rings (SSSR count). The number of anilines is 1. The highest BCUT2D eigenvalue weighted by atomic mass is 16.2. The van der Waals surface area contributed by atoms with Gasteiger partial charge >= 0.3 is 0 Å². The van der Waals surface area contributed by atoms with Crippen LogP contribution in [0.4, 0.5) is 5.82 Å². The Hall–Kier alpha value is -2.11. The molecule has 0 aromatic carbocycles. The molecule has 1 aliphatic carbocycles. The molecule has 0 unspecified atom stereocenters. The van der Waals surface area contributed by atoms with Crippen molar-refractivity contribution in [3.8, 4) is 0 Å². The van der Waals surface area contributed by atoms with Crippen molar-refractivity contribution in [1.29, 1.82) is 0 Å². The Kier molecular flexibility index (Phi) is 5.09. The van der Waals surface area contributed by atoms with Crippen LogP contribution >= 0.6 is 0 Å². The van der Waals surface area contributed by atoms with E-state index in [9.17, 15) is 9.59 Å². The molecule has 2 saturated heterocycles. The number of likely N-dealkylation sites (tertiary alicyclic amines) is 2. The van der Waals surface area contributed by atoms with Gasteiger partial charge in [0, 0.05) is 45.3 Å². The first kappa shape index (κ1) is 17.3. The lowest BCUT2D eigenvalue weighted by Gasteiger charge is -2.34. The Morgan fingerprint density at radius 3 is 2.54 bits per heavy atom. The minimum atomic E-state index is 0.0712. The highest BCUT2D eigenvalue weighted by molar-refractivity contribution is 5.94. The number of pyridine rings is 1. The van der Waals surface area contributed by atoms with Crippen molar-refractivity contribution >= 4 is 17.6 Å². The number of hydrogen-bond donors (Lipinski definition) is 1. The number of piperidine rings is 1. The van der Waals surface area contributed by atoms with E-state index in [2.05, 4.69) is 10.3 Å². The molecule has 1 saturated carbocycles. The molecule has 140 valence electrons. The zero-order valence-corrected chi connectivity index (χ0v) is 15.3. The van der Waals surface area contributed by atoms with E-state index in [1.54, 1.807) is 6.20 Å². The van der Waals surface area contributed by atoms with Gasteiger partial charge in [0.2, 0.25) is 5.91 Å². The van der Waals surface area contributed by atoms with Gasteiger partial charge in [-0.1, -0.05) is 0 Å². The lowest BCUT2D eigenvalue weighted by atomic mass is 9.96. The highest BCUT2D eigenvalue weighted by Gasteiger charge is 2.28. The summed E-state index contributed by atoms with van der Waals surface area (Å²) in [5, 5.41) is 3.33. The third-order valence-electron chi connectivity index (χ3n) is 5.83. The summed E-state index contributed by atoms with van der Waals surface area (Å²) < 4.78 is 0. The van der Waals surface area contributed by atoms with Gasteiger partial charge < -0.3 is 15.1 Å². The Bertz CT molecular complexity index is 648. The number of nitrogens with zero attached hydrogens (tertiary/aromatic N) is 3. The van der Waals surface area contributed by atoms with Gasteiger partial charge in [-0.25, -0.2) is 4.98 Å². The fourth-order valence-corrected chi connectivity index (χ4v) is 3.91. The van der Waals surface area contributed by atoms with E-state index < -0.39 is 0 Å². The zero-order valence-electron chi connectivity index (χ0n) is 15.3. The lowest BCUT2D eigenvalue weighted by Crippen LogP contribution is -2.41. The number of rotatable bonds is 6. The third kappa shape index (κ3) is 4.17. The normalized spacial score (nSPS) is 21.3. The summed E-state index contributed by atoms with van der Waals surface area (Å²) in [5.74, 6) is 2.54. The van der Waals surface area contributed by atoms with E-state index in [1.807, 2.05) is 21.9 Å². The molecular weight excluding hydrogens is 328 g/mol. The van der Waals surface area contributed by atoms with Crippen molar-refractivity contribution in [2.45, 2.75) is 38.5 Å². The van der Waals surface area contributed by atoms with Gasteiger partial charge in [0.25, 0.3) is 5.91 Å². The fourth-order valence-electron chi connectivity index (χ4n) is 3.91. The van der Waals surface area contributed by atoms with Crippen LogP contribution in [0.2, 0.25) is 0 Å². The molecule has 3 fully saturated rings. The van der Waals surface area contributed by atoms with E-state index >= 15 is 0 Å². The standard InChI is InChI=1S/C20H28N4O2/c25-19-2-1-9-24(19)14-16-7-10-23(11-8-16)20(26)17-5-6-18(22-13-17)21-12-15-3-4-15/h5-6,13,15-16H,1-4,7-12,14H2,(H,21,22). The molecule has 0 bridgehead atoms. The largest absolute Gasteiger partial charge is 0.370 e. The van der Waals surface area contributed by atoms with Crippen LogP contribution in [0.15, 0.2) is 18.3 Å². The topological polar surface area (TPSA) is 65.5 Å². The van der Waals surface area contributed by atoms with Crippen LogP contribution in [0.1, 0.15) is 48.9 Å². The molecule has 2 amide bonds. The summed E-state index contributed by atoms with van der Waals surface area (Å²) >= 11 is 0. The van der Waals surface area contributed by atoms with E-state index in [0.717, 1.165) is 63.7 Å². The lowest BCUT2D eigenvalue weighted by molar-refractivity contribution is -0.128. The van der Waals surface area contributed by atoms with Crippen molar-refractivity contribution in [1.82, 2.24) is 14.8 Å². The summed E-state index contributed by atoms with van der Waals surface area (Å²) in [4.78, 5) is 32.8. The molecular formula is C20H28N4O2. The first-order valence-corrected chi connectivity index (χ1v) is 9.96. The Balaban J connectivity index is 1.25. The maximum Gasteiger partial charge on any atom is 0.255 e. The number of nitrogens with one attached hydrogen (secondary N) is 1. The molecule has 3 heterocycles. The molecule has 1 aromatic rings. The molecule has 2 aliphatic heterocycles. The van der Waals surface area contributed by atoms with Gasteiger partial charge in [-0.05, 0) is 56.1 Å². The van der Waals surface area contributed by atoms with Crippen LogP contribution in [0.5, 0.6) is 0 Å². The predicted octanol–water partition coefficient (Wildman–Crippen LogP) is 2.38. The van der Waals surface area contributed by atoms with Gasteiger partial charge in [0.1, 0.15) is 5.82 Å². The summed E-state index contributed by atoms with van der Waals surface area (Å²) in [7, 11) is 0. The van der Waals surface area contributed by atoms with Crippen molar-refractivity contribution in [2.75, 3.05) is 38.0 Å². The van der Waals surface area contributed by atoms with Crippen LogP contribution in [-0.4, -0.2) is 59.3 Å². The second-order valence-corrected chi connectivity index (χ2v) is 7.94. The van der Waals surface area contributed by atoms with Crippen LogP contribution in [-0.2, 0) is 4.79 Å². The average Bonchev–Trinajstić information content (AvgIpc) is 3.43. The van der Waals surface area contributed by atoms with Gasteiger partial charge in [-0.3, -0.25) is 9.59 Å². The van der Waals surface area contributed by atoms with Crippen LogP contribution < -0.4 is 5.32 Å². The van der Waals surface area contributed by atoms with Gasteiger partial charge in [-0.15, -0.1) is 0 Å². The van der Waals surface area contributed by atoms with Crippen molar-refractivity contribution in [2.24, 2.45) is 11.8 Å². The summed E-state index contributed by atoms with van der Waals surface area (Å²) in [6.45, 7) is 4.29. The van der Waals surface area contributed by atoms with E-state index in [0.29, 0.717) is 23.8 Å². The zero-order chi connectivity index (χ0) is 17.9. The first-order chi connectivity index (χ1) is 12.7. The van der Waals surface area contributed by atoms with E-state index in [4.69, 9.17) is 0 Å². The molecule has 26 heavy (non-hydrogen) atoms. The molecule has 0 radical (unpaired) electrons. The molecule has 3 aliphatic rings. The maximum absolute atomic E-state index is 12.7. The number of carbonyl (C=O) groups excluding carboxylic acids is 2. The number of hydrogen-bond acceptors (Lipinski definition) is 4. The smallest absolute Gasteiger partial charge is 0.255 e. The Morgan fingerprint density at radius 2 is 1.92 bits per heavy atom. The van der Waals surface area contributed by atoms with Crippen LogP contribution in [0.25, 0.3) is 0 Å². The summed E-state index contributed by atoms with van der Waals surface area (Å²) in [5.41, 5.74) is 0.662. The average molecular weight is 356 g/mol. The number of amides is 2. The highest BCUT2D eigenvalue weighted by Crippen LogP contribution is 2.28. The quantitative estimate of drug-likeness (QED) is 0.850. The monoisotopic (exact) mass is 356 g/mol. The van der Waals surface area contributed by atoms with Crippen LogP contribution in [0.3, 0.4) is 0 Å². The summed E-state index contributed by atoms with van der Waals surface area (Å²) in [6, 6.07) is 3.78. The van der Waals surface area contributed by atoms with Crippen molar-refractivity contribution in [3.63, 3.8) is 0 Å². The second-order valence-electron chi connectivity index (χ2n) is 7.94. The molecule has 6 heteroatoms. The minimum Gasteiger partial charge on any atom is -0.370 e. The number of carbonyl (C=O) groups is 2. The molecule has 0 atom stereocenters. The molecule has 6 nitrogen and oxygen atoms in total. The second kappa shape index (κ2) is 7.64. The predicted molar refractivity (Wildman–Crippen MR) is 99.9 cm³/mol. The SMILES string of the molecule is O=C1CCCN1CC1CCN(C(=O)c2ccc(NCC3CC3)nc2)CC1. The molecule has 0 spiro atoms. The number of aromatic nitrogens is 1. The maximum atomic E-state index is 12.7. The fraction of sp³-hybridized carbons (Fsp3) is 0.650. The van der Waals surface area contributed by atoms with Gasteiger partial charge in [-0.2, -0.15) is 0 Å². The van der Waals surface area contributed by atoms with E-state index in [1.165, 1.54) is 12.8 Å². The van der Waals surface area contributed by atoms with E-state index in [-0.39, 0.29) is 5.91 Å². The van der Waals surface area contributed by atoms with Crippen LogP contribution in [0, 0.1) is 11.8 Å². The third-order valence-corrected chi connectivity index (χ3v) is 5.83.